The van der Waals surface area contributed by atoms with Gasteiger partial charge in [0.2, 0.25) is 0 Å². The molecule has 2 unspecified atom stereocenters. The molecule has 37 heavy (non-hydrogen) atoms. The van der Waals surface area contributed by atoms with Crippen molar-refractivity contribution in [3.63, 3.8) is 0 Å². The number of benzene rings is 1. The van der Waals surface area contributed by atoms with E-state index in [9.17, 15) is 22.2 Å². The molecule has 0 bridgehead atoms. The lowest BCUT2D eigenvalue weighted by atomic mass is 10.2. The lowest BCUT2D eigenvalue weighted by Crippen LogP contribution is -2.55. The van der Waals surface area contributed by atoms with E-state index in [1.807, 2.05) is 19.0 Å². The smallest absolute Gasteiger partial charge is 0.287 e. The van der Waals surface area contributed by atoms with Gasteiger partial charge in [-0.25, -0.2) is 14.4 Å². The number of aryl methyl sites for hydroxylation is 1. The number of halogens is 1. The fraction of sp³-hybridized carbons (Fsp3) is 0.435. The van der Waals surface area contributed by atoms with Crippen LogP contribution in [0.5, 0.6) is 5.75 Å². The Morgan fingerprint density at radius 2 is 2.05 bits per heavy atom. The second kappa shape index (κ2) is 11.2. The maximum atomic E-state index is 14.1. The average molecular weight is 555 g/mol. The van der Waals surface area contributed by atoms with E-state index in [-0.39, 0.29) is 17.3 Å². The first-order chi connectivity index (χ1) is 17.2. The molecule has 2 atom stereocenters. The Hall–Kier alpha value is -2.91. The first-order valence-corrected chi connectivity index (χ1v) is 13.6. The summed E-state index contributed by atoms with van der Waals surface area (Å²) in [6.07, 6.45) is 0.892. The van der Waals surface area contributed by atoms with Crippen molar-refractivity contribution in [3.05, 3.63) is 40.8 Å². The fourth-order valence-electron chi connectivity index (χ4n) is 3.40. The molecule has 1 aromatic carbocycles. The third-order valence-corrected chi connectivity index (χ3v) is 8.51. The third kappa shape index (κ3) is 6.51. The van der Waals surface area contributed by atoms with Crippen LogP contribution in [0.3, 0.4) is 0 Å². The van der Waals surface area contributed by atoms with E-state index < -0.39 is 26.9 Å². The predicted octanol–water partition coefficient (Wildman–Crippen LogP) is 2.89. The maximum absolute atomic E-state index is 14.1. The number of thiophene rings is 1. The minimum absolute atomic E-state index is 0.0497. The van der Waals surface area contributed by atoms with Gasteiger partial charge in [-0.3, -0.25) is 9.35 Å². The van der Waals surface area contributed by atoms with Crippen LogP contribution in [0.15, 0.2) is 24.5 Å². The number of carbonyl (C=O) groups is 1. The van der Waals surface area contributed by atoms with Crippen LogP contribution < -0.4 is 21.1 Å². The van der Waals surface area contributed by atoms with Gasteiger partial charge in [-0.15, -0.1) is 11.3 Å². The number of fused-ring (bicyclic) bond motifs is 1. The lowest BCUT2D eigenvalue weighted by Gasteiger charge is -2.29. The summed E-state index contributed by atoms with van der Waals surface area (Å²) >= 11 is 1.23. The van der Waals surface area contributed by atoms with Gasteiger partial charge in [0, 0.05) is 12.6 Å². The monoisotopic (exact) mass is 554 g/mol. The molecule has 3 aromatic rings. The number of ether oxygens (including phenoxy) is 1. The number of hydrogen-bond acceptors (Lipinski definition) is 10. The van der Waals surface area contributed by atoms with Gasteiger partial charge in [0.15, 0.2) is 4.87 Å². The van der Waals surface area contributed by atoms with E-state index in [1.165, 1.54) is 36.7 Å². The van der Waals surface area contributed by atoms with Crippen LogP contribution in [0.4, 0.5) is 15.9 Å². The van der Waals surface area contributed by atoms with Crippen LogP contribution in [0, 0.1) is 12.7 Å². The van der Waals surface area contributed by atoms with Gasteiger partial charge in [-0.2, -0.15) is 8.42 Å². The highest BCUT2D eigenvalue weighted by Gasteiger charge is 2.41. The zero-order valence-electron chi connectivity index (χ0n) is 21.2. The zero-order chi connectivity index (χ0) is 27.5. The van der Waals surface area contributed by atoms with Crippen molar-refractivity contribution in [2.75, 3.05) is 32.5 Å². The SMILES string of the molecule is Cc1c(C(=O)NCCCN(C)C)sc2ncnc(Nc3ccc(F)cc3OC(C)C(C)(N)S(=O)(=O)O)c12. The van der Waals surface area contributed by atoms with Crippen LogP contribution >= 0.6 is 11.3 Å². The Morgan fingerprint density at radius 3 is 2.70 bits per heavy atom. The predicted molar refractivity (Wildman–Crippen MR) is 142 cm³/mol. The Labute approximate surface area is 219 Å². The standard InChI is InChI=1S/C23H31FN6O5S2/c1-13-18-20(27-12-28-22(18)36-19(13)21(31)26-9-6-10-30(4)5)29-16-8-7-15(24)11-17(16)35-14(2)23(3,25)37(32,33)34/h7-8,11-12,14H,6,9-10,25H2,1-5H3,(H,26,31)(H,27,28,29)(H,32,33,34). The van der Waals surface area contributed by atoms with Crippen LogP contribution in [-0.4, -0.2) is 71.9 Å². The molecule has 0 aliphatic heterocycles. The Bertz CT molecular complexity index is 1390. The third-order valence-electron chi connectivity index (χ3n) is 5.86. The van der Waals surface area contributed by atoms with Crippen molar-refractivity contribution in [1.29, 1.82) is 0 Å². The van der Waals surface area contributed by atoms with E-state index in [0.717, 1.165) is 26.0 Å². The van der Waals surface area contributed by atoms with Crippen molar-refractivity contribution in [2.45, 2.75) is 38.2 Å². The molecule has 5 N–H and O–H groups in total. The van der Waals surface area contributed by atoms with Gasteiger partial charge in [-0.05, 0) is 65.5 Å². The number of amides is 1. The molecule has 2 aromatic heterocycles. The van der Waals surface area contributed by atoms with Crippen molar-refractivity contribution >= 4 is 49.1 Å². The highest BCUT2D eigenvalue weighted by Crippen LogP contribution is 2.37. The number of nitrogens with one attached hydrogen (secondary N) is 2. The molecule has 3 rings (SSSR count). The average Bonchev–Trinajstić information content (AvgIpc) is 3.15. The van der Waals surface area contributed by atoms with Crippen molar-refractivity contribution in [3.8, 4) is 5.75 Å². The minimum atomic E-state index is -4.68. The van der Waals surface area contributed by atoms with Crippen molar-refractivity contribution < 1.29 is 26.9 Å². The molecule has 202 valence electrons. The number of rotatable bonds is 11. The molecule has 1 amide bonds. The highest BCUT2D eigenvalue weighted by molar-refractivity contribution is 7.87. The molecule has 0 saturated heterocycles. The van der Waals surface area contributed by atoms with Crippen molar-refractivity contribution in [2.24, 2.45) is 5.73 Å². The molecule has 0 fully saturated rings. The Balaban J connectivity index is 1.91. The molecule has 0 saturated carbocycles. The maximum Gasteiger partial charge on any atom is 0.287 e. The zero-order valence-corrected chi connectivity index (χ0v) is 22.8. The molecular formula is C23H31FN6O5S2. The summed E-state index contributed by atoms with van der Waals surface area (Å²) in [6, 6.07) is 3.65. The molecule has 0 aliphatic rings. The summed E-state index contributed by atoms with van der Waals surface area (Å²) in [4.78, 5) is 22.4. The molecule has 2 heterocycles. The number of nitrogens with two attached hydrogens (primary N) is 1. The number of anilines is 2. The van der Waals surface area contributed by atoms with Crippen LogP contribution in [0.25, 0.3) is 10.2 Å². The van der Waals surface area contributed by atoms with Crippen LogP contribution in [0.1, 0.15) is 35.5 Å². The van der Waals surface area contributed by atoms with Gasteiger partial charge < -0.3 is 26.0 Å². The van der Waals surface area contributed by atoms with Gasteiger partial charge in [0.25, 0.3) is 16.0 Å². The number of carbonyl (C=O) groups excluding carboxylic acids is 1. The summed E-state index contributed by atoms with van der Waals surface area (Å²) in [6.45, 7) is 5.60. The quantitative estimate of drug-likeness (QED) is 0.205. The summed E-state index contributed by atoms with van der Waals surface area (Å²) < 4.78 is 52.6. The van der Waals surface area contributed by atoms with E-state index in [0.29, 0.717) is 33.0 Å². The summed E-state index contributed by atoms with van der Waals surface area (Å²) in [7, 11) is -0.747. The Kier molecular flexibility index (Phi) is 8.70. The molecular weight excluding hydrogens is 523 g/mol. The second-order valence-electron chi connectivity index (χ2n) is 9.06. The summed E-state index contributed by atoms with van der Waals surface area (Å²) in [5.74, 6) is -0.547. The molecule has 0 radical (unpaired) electrons. The molecule has 0 spiro atoms. The number of nitrogens with zero attached hydrogens (tertiary/aromatic N) is 3. The first-order valence-electron chi connectivity index (χ1n) is 11.4. The first kappa shape index (κ1) is 28.7. The lowest BCUT2D eigenvalue weighted by molar-refractivity contribution is 0.0956. The van der Waals surface area contributed by atoms with Gasteiger partial charge in [0.05, 0.1) is 16.0 Å². The van der Waals surface area contributed by atoms with E-state index in [2.05, 4.69) is 20.6 Å². The van der Waals surface area contributed by atoms with E-state index in [4.69, 9.17) is 10.5 Å². The van der Waals surface area contributed by atoms with Crippen LogP contribution in [0.2, 0.25) is 0 Å². The van der Waals surface area contributed by atoms with Crippen molar-refractivity contribution in [1.82, 2.24) is 20.2 Å². The van der Waals surface area contributed by atoms with Gasteiger partial charge in [0.1, 0.15) is 34.6 Å². The minimum Gasteiger partial charge on any atom is -0.485 e. The van der Waals surface area contributed by atoms with Gasteiger partial charge in [-0.1, -0.05) is 0 Å². The van der Waals surface area contributed by atoms with E-state index >= 15 is 0 Å². The molecule has 11 nitrogen and oxygen atoms in total. The normalized spacial score (nSPS) is 14.4. The fourth-order valence-corrected chi connectivity index (χ4v) is 4.93. The molecule has 14 heteroatoms. The number of aromatic nitrogens is 2. The topological polar surface area (TPSA) is 160 Å². The Morgan fingerprint density at radius 1 is 1.35 bits per heavy atom. The van der Waals surface area contributed by atoms with Crippen LogP contribution in [-0.2, 0) is 10.1 Å². The summed E-state index contributed by atoms with van der Waals surface area (Å²) in [5.41, 5.74) is 6.71. The van der Waals surface area contributed by atoms with E-state index in [1.54, 1.807) is 6.92 Å². The largest absolute Gasteiger partial charge is 0.485 e. The van der Waals surface area contributed by atoms with Gasteiger partial charge >= 0.3 is 0 Å². The summed E-state index contributed by atoms with van der Waals surface area (Å²) in [5, 5.41) is 6.60. The highest BCUT2D eigenvalue weighted by atomic mass is 32.2. The number of hydrogen-bond donors (Lipinski definition) is 4. The second-order valence-corrected chi connectivity index (χ2v) is 11.9. The molecule has 0 aliphatic carbocycles.